The van der Waals surface area contributed by atoms with E-state index in [0.29, 0.717) is 0 Å². The Labute approximate surface area is 124 Å². The predicted molar refractivity (Wildman–Crippen MR) is 83.3 cm³/mol. The van der Waals surface area contributed by atoms with Crippen molar-refractivity contribution in [2.75, 3.05) is 5.75 Å². The second-order valence-electron chi connectivity index (χ2n) is 5.15. The Morgan fingerprint density at radius 1 is 1.25 bits per heavy atom. The molecule has 20 heavy (non-hydrogen) atoms. The molecule has 0 aliphatic carbocycles. The fourth-order valence-electron chi connectivity index (χ4n) is 2.53. The standard InChI is InChI=1S/C16H21N2OS/c1-12-9-13(2)16(14(3)10-12)18-6-5-17(11-18)7-8-20-15(4)19/h5-6,9-11H,7-8H2,1-4H3/q+1. The molecule has 0 radical (unpaired) electrons. The molecule has 0 saturated carbocycles. The van der Waals surface area contributed by atoms with E-state index < -0.39 is 0 Å². The molecule has 1 heterocycles. The summed E-state index contributed by atoms with van der Waals surface area (Å²) < 4.78 is 4.28. The van der Waals surface area contributed by atoms with E-state index in [2.05, 4.69) is 60.8 Å². The summed E-state index contributed by atoms with van der Waals surface area (Å²) in [6.07, 6.45) is 6.22. The van der Waals surface area contributed by atoms with Crippen LogP contribution in [0.2, 0.25) is 0 Å². The van der Waals surface area contributed by atoms with Crippen molar-refractivity contribution in [1.29, 1.82) is 0 Å². The number of hydrogen-bond acceptors (Lipinski definition) is 2. The second kappa shape index (κ2) is 6.27. The van der Waals surface area contributed by atoms with E-state index in [4.69, 9.17) is 0 Å². The minimum Gasteiger partial charge on any atom is -0.288 e. The van der Waals surface area contributed by atoms with Gasteiger partial charge in [-0.15, -0.1) is 0 Å². The third kappa shape index (κ3) is 3.51. The van der Waals surface area contributed by atoms with Gasteiger partial charge in [-0.1, -0.05) is 29.5 Å². The van der Waals surface area contributed by atoms with Gasteiger partial charge in [-0.05, 0) is 31.9 Å². The lowest BCUT2D eigenvalue weighted by Gasteiger charge is -2.07. The van der Waals surface area contributed by atoms with Gasteiger partial charge in [0, 0.05) is 12.7 Å². The molecule has 0 N–H and O–H groups in total. The lowest BCUT2D eigenvalue weighted by atomic mass is 10.1. The summed E-state index contributed by atoms with van der Waals surface area (Å²) >= 11 is 1.37. The Morgan fingerprint density at radius 2 is 1.90 bits per heavy atom. The van der Waals surface area contributed by atoms with Crippen molar-refractivity contribution in [3.05, 3.63) is 47.5 Å². The van der Waals surface area contributed by atoms with E-state index in [1.807, 2.05) is 0 Å². The van der Waals surface area contributed by atoms with Gasteiger partial charge in [0.1, 0.15) is 18.1 Å². The molecule has 1 aromatic carbocycles. The molecule has 0 saturated heterocycles. The predicted octanol–water partition coefficient (Wildman–Crippen LogP) is 2.97. The maximum Gasteiger partial charge on any atom is 0.249 e. The van der Waals surface area contributed by atoms with E-state index in [9.17, 15) is 4.79 Å². The molecule has 106 valence electrons. The number of thioether (sulfide) groups is 1. The van der Waals surface area contributed by atoms with Crippen LogP contribution < -0.4 is 4.57 Å². The molecule has 0 fully saturated rings. The molecule has 4 heteroatoms. The SMILES string of the molecule is CC(=O)SCC[n+]1ccn(-c2c(C)cc(C)cc2C)c1. The van der Waals surface area contributed by atoms with Crippen LogP contribution in [0.25, 0.3) is 5.69 Å². The smallest absolute Gasteiger partial charge is 0.249 e. The van der Waals surface area contributed by atoms with Gasteiger partial charge in [0.2, 0.25) is 6.33 Å². The van der Waals surface area contributed by atoms with Gasteiger partial charge in [-0.3, -0.25) is 4.79 Å². The van der Waals surface area contributed by atoms with Crippen LogP contribution in [0.5, 0.6) is 0 Å². The number of rotatable bonds is 4. The van der Waals surface area contributed by atoms with Gasteiger partial charge in [-0.25, -0.2) is 9.13 Å². The van der Waals surface area contributed by atoms with Crippen molar-refractivity contribution >= 4 is 16.9 Å². The summed E-state index contributed by atoms with van der Waals surface area (Å²) in [7, 11) is 0. The molecule has 0 bridgehead atoms. The molecule has 2 rings (SSSR count). The first kappa shape index (κ1) is 14.9. The van der Waals surface area contributed by atoms with Gasteiger partial charge >= 0.3 is 0 Å². The Kier molecular flexibility index (Phi) is 4.65. The van der Waals surface area contributed by atoms with E-state index in [-0.39, 0.29) is 5.12 Å². The first-order valence-corrected chi connectivity index (χ1v) is 7.74. The largest absolute Gasteiger partial charge is 0.288 e. The normalized spacial score (nSPS) is 10.8. The van der Waals surface area contributed by atoms with Crippen molar-refractivity contribution in [3.8, 4) is 5.69 Å². The van der Waals surface area contributed by atoms with Crippen LogP contribution in [0.15, 0.2) is 30.9 Å². The van der Waals surface area contributed by atoms with Gasteiger partial charge in [0.05, 0.1) is 6.54 Å². The molecule has 0 atom stereocenters. The summed E-state index contributed by atoms with van der Waals surface area (Å²) in [6, 6.07) is 4.41. The number of carbonyl (C=O) groups excluding carboxylic acids is 1. The van der Waals surface area contributed by atoms with Crippen LogP contribution in [0.1, 0.15) is 23.6 Å². The minimum absolute atomic E-state index is 0.176. The highest BCUT2D eigenvalue weighted by molar-refractivity contribution is 8.13. The van der Waals surface area contributed by atoms with Gasteiger partial charge < -0.3 is 0 Å². The molecule has 0 aliphatic heterocycles. The zero-order valence-electron chi connectivity index (χ0n) is 12.5. The van der Waals surface area contributed by atoms with Crippen LogP contribution in [-0.4, -0.2) is 15.4 Å². The highest BCUT2D eigenvalue weighted by atomic mass is 32.2. The molecular formula is C16H21N2OS+. The maximum absolute atomic E-state index is 10.9. The van der Waals surface area contributed by atoms with Crippen molar-refractivity contribution in [3.63, 3.8) is 0 Å². The molecule has 0 aliphatic rings. The number of nitrogens with zero attached hydrogens (tertiary/aromatic N) is 2. The zero-order valence-corrected chi connectivity index (χ0v) is 13.3. The fourth-order valence-corrected chi connectivity index (χ4v) is 3.12. The summed E-state index contributed by atoms with van der Waals surface area (Å²) in [6.45, 7) is 8.87. The van der Waals surface area contributed by atoms with Crippen LogP contribution in [0.4, 0.5) is 0 Å². The highest BCUT2D eigenvalue weighted by Gasteiger charge is 2.12. The molecular weight excluding hydrogens is 268 g/mol. The van der Waals surface area contributed by atoms with Gasteiger partial charge in [0.15, 0.2) is 5.12 Å². The lowest BCUT2D eigenvalue weighted by molar-refractivity contribution is -0.691. The van der Waals surface area contributed by atoms with Gasteiger partial charge in [0.25, 0.3) is 0 Å². The Bertz CT molecular complexity index is 608. The summed E-state index contributed by atoms with van der Waals surface area (Å²) in [5.41, 5.74) is 5.10. The molecule has 0 unspecified atom stereocenters. The van der Waals surface area contributed by atoms with Crippen molar-refractivity contribution in [2.24, 2.45) is 0 Å². The first-order chi connectivity index (χ1) is 9.47. The maximum atomic E-state index is 10.9. The molecule has 1 aromatic heterocycles. The third-order valence-electron chi connectivity index (χ3n) is 3.24. The number of aryl methyl sites for hydroxylation is 4. The van der Waals surface area contributed by atoms with Crippen LogP contribution in [-0.2, 0) is 11.3 Å². The molecule has 0 spiro atoms. The number of hydrogen-bond donors (Lipinski definition) is 0. The number of benzene rings is 1. The molecule has 2 aromatic rings. The van der Waals surface area contributed by atoms with Crippen molar-refractivity contribution in [1.82, 2.24) is 4.57 Å². The van der Waals surface area contributed by atoms with E-state index in [1.54, 1.807) is 6.92 Å². The zero-order chi connectivity index (χ0) is 14.7. The molecule has 3 nitrogen and oxygen atoms in total. The van der Waals surface area contributed by atoms with Crippen molar-refractivity contribution in [2.45, 2.75) is 34.2 Å². The van der Waals surface area contributed by atoms with E-state index in [0.717, 1.165) is 12.3 Å². The quantitative estimate of drug-likeness (QED) is 0.809. The van der Waals surface area contributed by atoms with E-state index in [1.165, 1.54) is 34.1 Å². The van der Waals surface area contributed by atoms with Gasteiger partial charge in [-0.2, -0.15) is 0 Å². The summed E-state index contributed by atoms with van der Waals surface area (Å²) in [4.78, 5) is 10.9. The van der Waals surface area contributed by atoms with E-state index >= 15 is 0 Å². The monoisotopic (exact) mass is 289 g/mol. The Balaban J connectivity index is 2.19. The summed E-state index contributed by atoms with van der Waals surface area (Å²) in [5, 5.41) is 0.176. The average Bonchev–Trinajstić information content (AvgIpc) is 2.75. The average molecular weight is 289 g/mol. The highest BCUT2D eigenvalue weighted by Crippen LogP contribution is 2.20. The number of imidazole rings is 1. The lowest BCUT2D eigenvalue weighted by Crippen LogP contribution is -2.32. The first-order valence-electron chi connectivity index (χ1n) is 6.76. The Hall–Kier alpha value is -1.55. The van der Waals surface area contributed by atoms with Crippen LogP contribution in [0.3, 0.4) is 0 Å². The minimum atomic E-state index is 0.176. The fraction of sp³-hybridized carbons (Fsp3) is 0.375. The van der Waals surface area contributed by atoms with Crippen LogP contribution >= 0.6 is 11.8 Å². The summed E-state index contributed by atoms with van der Waals surface area (Å²) in [5.74, 6) is 0.815. The topological polar surface area (TPSA) is 25.9 Å². The van der Waals surface area contributed by atoms with Crippen LogP contribution in [0, 0.1) is 20.8 Å². The second-order valence-corrected chi connectivity index (χ2v) is 6.42. The van der Waals surface area contributed by atoms with Crippen molar-refractivity contribution < 1.29 is 9.36 Å². The molecule has 0 amide bonds. The number of carbonyl (C=O) groups is 1. The number of aromatic nitrogens is 2. The Morgan fingerprint density at radius 3 is 2.50 bits per heavy atom. The third-order valence-corrected chi connectivity index (χ3v) is 4.03.